The van der Waals surface area contributed by atoms with Gasteiger partial charge in [-0.25, -0.2) is 0 Å². The number of hydrogen-bond acceptors (Lipinski definition) is 1. The molecular weight excluding hydrogens is 255 g/mol. The topological polar surface area (TPSA) is 26.0 Å². The van der Waals surface area contributed by atoms with Crippen molar-refractivity contribution in [3.05, 3.63) is 0 Å². The van der Waals surface area contributed by atoms with Gasteiger partial charge in [0, 0.05) is 12.5 Å². The maximum absolute atomic E-state index is 12.8. The molecule has 1 unspecified atom stereocenters. The number of hydrogen-bond donors (Lipinski definition) is 1. The zero-order valence-corrected chi connectivity index (χ0v) is 9.29. The Hall–Kier alpha value is -0.530. The van der Waals surface area contributed by atoms with Gasteiger partial charge in [-0.1, -0.05) is 13.8 Å². The van der Waals surface area contributed by atoms with Crippen LogP contribution in [-0.2, 0) is 0 Å². The smallest absolute Gasteiger partial charge is 0.327 e. The van der Waals surface area contributed by atoms with Crippen LogP contribution in [0.15, 0.2) is 0 Å². The molecule has 0 radical (unpaired) electrons. The molecule has 0 saturated carbocycles. The average Bonchev–Trinajstić information content (AvgIpc) is 1.97. The highest BCUT2D eigenvalue weighted by Crippen LogP contribution is 2.48. The van der Waals surface area contributed by atoms with Crippen molar-refractivity contribution in [1.29, 1.82) is 0 Å². The fourth-order valence-electron chi connectivity index (χ4n) is 1.35. The largest absolute Gasteiger partial charge is 0.459 e. The lowest BCUT2D eigenvalue weighted by Gasteiger charge is -2.30. The quantitative estimate of drug-likeness (QED) is 0.758. The first kappa shape index (κ1) is 16.5. The number of nitrogens with two attached hydrogens (primary N) is 1. The van der Waals surface area contributed by atoms with Crippen molar-refractivity contribution in [1.82, 2.24) is 0 Å². The minimum atomic E-state index is -6.28. The molecule has 0 aromatic carbocycles. The van der Waals surface area contributed by atoms with Gasteiger partial charge in [-0.2, -0.15) is 30.7 Å². The predicted molar refractivity (Wildman–Crippen MR) is 48.0 cm³/mol. The first-order valence-electron chi connectivity index (χ1n) is 4.89. The van der Waals surface area contributed by atoms with E-state index in [0.717, 1.165) is 0 Å². The van der Waals surface area contributed by atoms with Crippen LogP contribution >= 0.6 is 0 Å². The first-order valence-corrected chi connectivity index (χ1v) is 4.89. The summed E-state index contributed by atoms with van der Waals surface area (Å²) in [6.07, 6.45) is -8.03. The van der Waals surface area contributed by atoms with E-state index in [-0.39, 0.29) is 12.3 Å². The Bertz CT molecular complexity index is 246. The summed E-state index contributed by atoms with van der Waals surface area (Å²) < 4.78 is 86.0. The standard InChI is InChI=1S/C9H14F7N/c1-5(2)3-6(17)4-7(10,11)8(12,13)9(14,15)16/h5-6H,3-4,17H2,1-2H3. The highest BCUT2D eigenvalue weighted by molar-refractivity contribution is 4.93. The lowest BCUT2D eigenvalue weighted by Crippen LogP contribution is -2.54. The lowest BCUT2D eigenvalue weighted by molar-refractivity contribution is -0.356. The van der Waals surface area contributed by atoms with Gasteiger partial charge in [0.05, 0.1) is 0 Å². The summed E-state index contributed by atoms with van der Waals surface area (Å²) in [5.41, 5.74) is 5.12. The second kappa shape index (κ2) is 4.99. The van der Waals surface area contributed by atoms with Crippen LogP contribution in [0.5, 0.6) is 0 Å². The van der Waals surface area contributed by atoms with Crippen molar-refractivity contribution >= 4 is 0 Å². The maximum Gasteiger partial charge on any atom is 0.459 e. The zero-order valence-electron chi connectivity index (χ0n) is 9.29. The van der Waals surface area contributed by atoms with Crippen molar-refractivity contribution < 1.29 is 30.7 Å². The van der Waals surface area contributed by atoms with Gasteiger partial charge in [0.2, 0.25) is 0 Å². The Morgan fingerprint density at radius 2 is 1.35 bits per heavy atom. The van der Waals surface area contributed by atoms with Crippen molar-refractivity contribution in [3.8, 4) is 0 Å². The molecule has 2 N–H and O–H groups in total. The molecule has 8 heteroatoms. The molecule has 0 spiro atoms. The molecule has 0 aliphatic rings. The summed E-state index contributed by atoms with van der Waals surface area (Å²) in [5.74, 6) is -11.4. The highest BCUT2D eigenvalue weighted by atomic mass is 19.4. The zero-order chi connectivity index (χ0) is 14.1. The number of halogens is 7. The van der Waals surface area contributed by atoms with Crippen LogP contribution in [0.3, 0.4) is 0 Å². The Balaban J connectivity index is 4.78. The summed E-state index contributed by atoms with van der Waals surface area (Å²) in [6, 6.07) is -1.40. The van der Waals surface area contributed by atoms with Gasteiger partial charge >= 0.3 is 18.0 Å². The van der Waals surface area contributed by atoms with Crippen molar-refractivity contribution in [3.63, 3.8) is 0 Å². The summed E-state index contributed by atoms with van der Waals surface area (Å²) in [5, 5.41) is 0. The van der Waals surface area contributed by atoms with E-state index in [1.165, 1.54) is 0 Å². The minimum absolute atomic E-state index is 0.0521. The molecule has 0 aromatic rings. The Labute approximate surface area is 94.2 Å². The van der Waals surface area contributed by atoms with E-state index in [2.05, 4.69) is 0 Å². The van der Waals surface area contributed by atoms with E-state index in [0.29, 0.717) is 0 Å². The Morgan fingerprint density at radius 3 is 1.65 bits per heavy atom. The van der Waals surface area contributed by atoms with Crippen LogP contribution in [0, 0.1) is 5.92 Å². The van der Waals surface area contributed by atoms with Crippen molar-refractivity contribution in [2.24, 2.45) is 11.7 Å². The molecule has 0 saturated heterocycles. The van der Waals surface area contributed by atoms with Crippen LogP contribution in [-0.4, -0.2) is 24.1 Å². The van der Waals surface area contributed by atoms with Crippen LogP contribution in [0.1, 0.15) is 26.7 Å². The van der Waals surface area contributed by atoms with Gasteiger partial charge in [0.25, 0.3) is 0 Å². The fraction of sp³-hybridized carbons (Fsp3) is 1.00. The van der Waals surface area contributed by atoms with Crippen LogP contribution in [0.2, 0.25) is 0 Å². The molecule has 0 aliphatic carbocycles. The third kappa shape index (κ3) is 4.01. The molecule has 0 amide bonds. The Morgan fingerprint density at radius 1 is 0.941 bits per heavy atom. The average molecular weight is 269 g/mol. The molecule has 0 bridgehead atoms. The minimum Gasteiger partial charge on any atom is -0.327 e. The SMILES string of the molecule is CC(C)CC(N)CC(F)(F)C(F)(F)C(F)(F)F. The molecule has 1 nitrogen and oxygen atoms in total. The monoisotopic (exact) mass is 269 g/mol. The fourth-order valence-corrected chi connectivity index (χ4v) is 1.35. The summed E-state index contributed by atoms with van der Waals surface area (Å²) >= 11 is 0. The molecular formula is C9H14F7N. The second-order valence-corrected chi connectivity index (χ2v) is 4.37. The molecule has 17 heavy (non-hydrogen) atoms. The molecule has 0 heterocycles. The van der Waals surface area contributed by atoms with Crippen LogP contribution in [0.4, 0.5) is 30.7 Å². The van der Waals surface area contributed by atoms with Gasteiger partial charge in [-0.3, -0.25) is 0 Å². The van der Waals surface area contributed by atoms with E-state index in [1.807, 2.05) is 0 Å². The van der Waals surface area contributed by atoms with E-state index < -0.39 is 30.5 Å². The van der Waals surface area contributed by atoms with Gasteiger partial charge in [-0.05, 0) is 12.3 Å². The highest BCUT2D eigenvalue weighted by Gasteiger charge is 2.72. The van der Waals surface area contributed by atoms with Crippen LogP contribution in [0.25, 0.3) is 0 Å². The summed E-state index contributed by atoms with van der Waals surface area (Å²) in [7, 11) is 0. The third-order valence-corrected chi connectivity index (χ3v) is 2.11. The number of alkyl halides is 7. The van der Waals surface area contributed by atoms with Crippen molar-refractivity contribution in [2.75, 3.05) is 0 Å². The summed E-state index contributed by atoms with van der Waals surface area (Å²) in [6.45, 7) is 3.19. The van der Waals surface area contributed by atoms with E-state index in [4.69, 9.17) is 5.73 Å². The number of rotatable bonds is 5. The van der Waals surface area contributed by atoms with Crippen molar-refractivity contribution in [2.45, 2.75) is 50.8 Å². The molecule has 1 atom stereocenters. The van der Waals surface area contributed by atoms with Gasteiger partial charge < -0.3 is 5.73 Å². The third-order valence-electron chi connectivity index (χ3n) is 2.11. The summed E-state index contributed by atoms with van der Waals surface area (Å²) in [4.78, 5) is 0. The van der Waals surface area contributed by atoms with Gasteiger partial charge in [0.1, 0.15) is 0 Å². The second-order valence-electron chi connectivity index (χ2n) is 4.37. The molecule has 0 fully saturated rings. The predicted octanol–water partition coefficient (Wildman–Crippen LogP) is 3.58. The van der Waals surface area contributed by atoms with E-state index in [9.17, 15) is 30.7 Å². The van der Waals surface area contributed by atoms with E-state index >= 15 is 0 Å². The maximum atomic E-state index is 12.8. The Kier molecular flexibility index (Phi) is 4.84. The van der Waals surface area contributed by atoms with Gasteiger partial charge in [-0.15, -0.1) is 0 Å². The lowest BCUT2D eigenvalue weighted by atomic mass is 9.96. The molecule has 0 rings (SSSR count). The normalized spacial score (nSPS) is 16.4. The molecule has 104 valence electrons. The first-order chi connectivity index (χ1) is 7.31. The molecule has 0 aliphatic heterocycles. The van der Waals surface area contributed by atoms with E-state index in [1.54, 1.807) is 13.8 Å². The van der Waals surface area contributed by atoms with Gasteiger partial charge in [0.15, 0.2) is 0 Å². The van der Waals surface area contributed by atoms with Crippen LogP contribution < -0.4 is 5.73 Å². The molecule has 0 aromatic heterocycles.